The fourth-order valence-corrected chi connectivity index (χ4v) is 2.66. The summed E-state index contributed by atoms with van der Waals surface area (Å²) in [6.45, 7) is 8.98. The van der Waals surface area contributed by atoms with E-state index in [0.29, 0.717) is 11.8 Å². The second-order valence-electron chi connectivity index (χ2n) is 3.87. The Morgan fingerprint density at radius 3 is 1.62 bits per heavy atom. The quantitative estimate of drug-likeness (QED) is 0.532. The number of hydrogen-bond donors (Lipinski definition) is 0. The third-order valence-electron chi connectivity index (χ3n) is 2.10. The Balaban J connectivity index is -0.000000180. The molecule has 0 saturated carbocycles. The summed E-state index contributed by atoms with van der Waals surface area (Å²) >= 11 is 1.88. The van der Waals surface area contributed by atoms with Gasteiger partial charge in [-0.15, -0.1) is 0 Å². The summed E-state index contributed by atoms with van der Waals surface area (Å²) in [6.07, 6.45) is 0. The minimum Gasteiger partial charge on any atom is -1.00 e. The number of rotatable bonds is 2. The first-order chi connectivity index (χ1) is 5.54. The first-order valence-corrected chi connectivity index (χ1v) is 5.39. The Labute approximate surface area is 112 Å². The molecule has 1 heterocycles. The lowest BCUT2D eigenvalue weighted by molar-refractivity contribution is -0.683. The summed E-state index contributed by atoms with van der Waals surface area (Å²) in [4.78, 5) is 0. The molecule has 0 unspecified atom stereocenters. The second kappa shape index (κ2) is 10.2. The van der Waals surface area contributed by atoms with E-state index >= 15 is 0 Å². The van der Waals surface area contributed by atoms with E-state index in [-0.39, 0.29) is 33.4 Å². The van der Waals surface area contributed by atoms with Crippen molar-refractivity contribution in [1.82, 2.24) is 0 Å². The largest absolute Gasteiger partial charge is 1.00 e. The van der Waals surface area contributed by atoms with Crippen molar-refractivity contribution in [2.45, 2.75) is 39.5 Å². The van der Waals surface area contributed by atoms with Crippen LogP contribution >= 0.6 is 11.3 Å². The summed E-state index contributed by atoms with van der Waals surface area (Å²) in [6, 6.07) is 0. The Bertz CT molecular complexity index is 252. The average molecular weight is 318 g/mol. The average Bonchev–Trinajstić information content (AvgIpc) is 2.30. The first-order valence-electron chi connectivity index (χ1n) is 4.51. The molecule has 0 atom stereocenters. The third-order valence-corrected chi connectivity index (χ3v) is 3.45. The third kappa shape index (κ3) is 5.36. The maximum absolute atomic E-state index is 2.33. The van der Waals surface area contributed by atoms with E-state index in [1.165, 1.54) is 10.7 Å². The van der Waals surface area contributed by atoms with Crippen molar-refractivity contribution < 1.29 is 38.0 Å². The fourth-order valence-electron chi connectivity index (χ4n) is 1.45. The number of hydrogen-bond acceptors (Lipinski definition) is 1. The predicted molar refractivity (Wildman–Crippen MR) is 64.5 cm³/mol. The molecular weight excluding hydrogens is 294 g/mol. The van der Waals surface area contributed by atoms with Crippen LogP contribution in [0, 0.1) is 0 Å². The van der Waals surface area contributed by atoms with Crippen molar-refractivity contribution in [1.29, 1.82) is 0 Å². The normalized spacial score (nSPS) is 8.69. The zero-order chi connectivity index (χ0) is 9.30. The van der Waals surface area contributed by atoms with Crippen LogP contribution < -0.4 is 21.5 Å². The number of thiazole rings is 1. The molecule has 0 saturated heterocycles. The standard InChI is InChI=1S/C10H18NS.BrH.3H2O/c1-7(2)9-6-12-10(8(3)4)11(9)5;;;;/h6-8H,1-5H3;1H;3*1H2/q+1;;;;/p-1. The SMILES string of the molecule is CC(C)c1csc(C(C)C)[n+]1C.O.O.O.[Br-]. The van der Waals surface area contributed by atoms with Crippen LogP contribution in [0.5, 0.6) is 0 Å². The second-order valence-corrected chi connectivity index (χ2v) is 4.76. The van der Waals surface area contributed by atoms with Crippen LogP contribution in [0.25, 0.3) is 0 Å². The molecule has 0 aliphatic rings. The van der Waals surface area contributed by atoms with Gasteiger partial charge in [-0.3, -0.25) is 0 Å². The molecule has 4 nitrogen and oxygen atoms in total. The van der Waals surface area contributed by atoms with Crippen molar-refractivity contribution in [3.8, 4) is 0 Å². The van der Waals surface area contributed by atoms with Gasteiger partial charge in [-0.1, -0.05) is 39.0 Å². The van der Waals surface area contributed by atoms with E-state index in [4.69, 9.17) is 0 Å². The van der Waals surface area contributed by atoms with Crippen molar-refractivity contribution in [3.63, 3.8) is 0 Å². The Morgan fingerprint density at radius 1 is 1.00 bits per heavy atom. The van der Waals surface area contributed by atoms with E-state index in [0.717, 1.165) is 0 Å². The molecule has 100 valence electrons. The van der Waals surface area contributed by atoms with Crippen LogP contribution in [-0.4, -0.2) is 16.4 Å². The summed E-state index contributed by atoms with van der Waals surface area (Å²) in [5.41, 5.74) is 1.45. The minimum absolute atomic E-state index is 0. The van der Waals surface area contributed by atoms with Gasteiger partial charge >= 0.3 is 0 Å². The first kappa shape index (κ1) is 25.0. The highest BCUT2D eigenvalue weighted by atomic mass is 79.9. The molecule has 16 heavy (non-hydrogen) atoms. The van der Waals surface area contributed by atoms with Gasteiger partial charge in [0.1, 0.15) is 7.05 Å². The summed E-state index contributed by atoms with van der Waals surface area (Å²) in [7, 11) is 2.17. The molecule has 0 fully saturated rings. The fraction of sp³-hybridized carbons (Fsp3) is 0.700. The zero-order valence-corrected chi connectivity index (χ0v) is 12.9. The number of halogens is 1. The maximum Gasteiger partial charge on any atom is 0.239 e. The van der Waals surface area contributed by atoms with Gasteiger partial charge < -0.3 is 33.4 Å². The Hall–Kier alpha value is -0.01000. The van der Waals surface area contributed by atoms with Crippen LogP contribution in [0.1, 0.15) is 50.2 Å². The molecule has 0 spiro atoms. The molecule has 1 rings (SSSR count). The summed E-state index contributed by atoms with van der Waals surface area (Å²) in [5, 5.41) is 3.75. The van der Waals surface area contributed by atoms with Gasteiger partial charge in [0.25, 0.3) is 0 Å². The molecule has 0 radical (unpaired) electrons. The van der Waals surface area contributed by atoms with Crippen molar-refractivity contribution in [2.24, 2.45) is 7.05 Å². The van der Waals surface area contributed by atoms with Gasteiger partial charge in [0.2, 0.25) is 5.01 Å². The van der Waals surface area contributed by atoms with E-state index in [1.54, 1.807) is 0 Å². The van der Waals surface area contributed by atoms with Gasteiger partial charge in [0.15, 0.2) is 5.69 Å². The monoisotopic (exact) mass is 317 g/mol. The van der Waals surface area contributed by atoms with Crippen LogP contribution in [0.3, 0.4) is 0 Å². The van der Waals surface area contributed by atoms with Crippen LogP contribution in [0.4, 0.5) is 0 Å². The number of aromatic nitrogens is 1. The zero-order valence-electron chi connectivity index (χ0n) is 10.5. The van der Waals surface area contributed by atoms with E-state index in [1.807, 2.05) is 11.3 Å². The van der Waals surface area contributed by atoms with Gasteiger partial charge in [-0.05, 0) is 0 Å². The molecule has 0 aromatic carbocycles. The van der Waals surface area contributed by atoms with Crippen LogP contribution in [-0.2, 0) is 7.05 Å². The lowest BCUT2D eigenvalue weighted by Crippen LogP contribution is -3.00. The highest BCUT2D eigenvalue weighted by Crippen LogP contribution is 2.20. The maximum atomic E-state index is 2.33. The van der Waals surface area contributed by atoms with Crippen molar-refractivity contribution in [3.05, 3.63) is 16.1 Å². The molecule has 1 aromatic rings. The topological polar surface area (TPSA) is 98.4 Å². The molecular formula is C10H24BrNO3S. The van der Waals surface area contributed by atoms with Crippen molar-refractivity contribution in [2.75, 3.05) is 0 Å². The Kier molecular flexibility index (Phi) is 15.9. The van der Waals surface area contributed by atoms with Gasteiger partial charge in [0.05, 0.1) is 5.38 Å². The highest BCUT2D eigenvalue weighted by Gasteiger charge is 2.20. The van der Waals surface area contributed by atoms with Crippen molar-refractivity contribution >= 4 is 11.3 Å². The van der Waals surface area contributed by atoms with Gasteiger partial charge in [0, 0.05) is 11.8 Å². The minimum atomic E-state index is 0. The summed E-state index contributed by atoms with van der Waals surface area (Å²) < 4.78 is 2.33. The van der Waals surface area contributed by atoms with Gasteiger partial charge in [-0.25, -0.2) is 0 Å². The van der Waals surface area contributed by atoms with E-state index < -0.39 is 0 Å². The molecule has 6 heteroatoms. The number of nitrogens with zero attached hydrogens (tertiary/aromatic N) is 1. The predicted octanol–water partition coefficient (Wildman–Crippen LogP) is -2.65. The lowest BCUT2D eigenvalue weighted by Gasteiger charge is -2.00. The van der Waals surface area contributed by atoms with E-state index in [9.17, 15) is 0 Å². The van der Waals surface area contributed by atoms with E-state index in [2.05, 4.69) is 44.7 Å². The molecule has 0 amide bonds. The smallest absolute Gasteiger partial charge is 0.239 e. The lowest BCUT2D eigenvalue weighted by atomic mass is 10.1. The molecule has 0 aliphatic heterocycles. The summed E-state index contributed by atoms with van der Waals surface area (Å²) in [5.74, 6) is 1.28. The van der Waals surface area contributed by atoms with Crippen LogP contribution in [0.2, 0.25) is 0 Å². The molecule has 0 bridgehead atoms. The molecule has 1 aromatic heterocycles. The molecule has 0 aliphatic carbocycles. The van der Waals surface area contributed by atoms with Crippen LogP contribution in [0.15, 0.2) is 5.38 Å². The Morgan fingerprint density at radius 2 is 1.44 bits per heavy atom. The van der Waals surface area contributed by atoms with Gasteiger partial charge in [-0.2, -0.15) is 4.57 Å². The molecule has 6 N–H and O–H groups in total. The highest BCUT2D eigenvalue weighted by molar-refractivity contribution is 7.09.